The molecule has 20 heavy (non-hydrogen) atoms. The second-order valence-corrected chi connectivity index (χ2v) is 5.76. The maximum atomic E-state index is 12.2. The van der Waals surface area contributed by atoms with E-state index in [1.54, 1.807) is 4.90 Å². The van der Waals surface area contributed by atoms with Gasteiger partial charge in [0.25, 0.3) is 5.91 Å². The Bertz CT molecular complexity index is 517. The Morgan fingerprint density at radius 1 is 1.40 bits per heavy atom. The molecule has 7 nitrogen and oxygen atoms in total. The predicted molar refractivity (Wildman–Crippen MR) is 68.5 cm³/mol. The molecular formula is C13H18N4O3. The third kappa shape index (κ3) is 2.17. The second-order valence-electron chi connectivity index (χ2n) is 5.76. The van der Waals surface area contributed by atoms with Crippen LogP contribution in [0.4, 0.5) is 4.79 Å². The van der Waals surface area contributed by atoms with E-state index in [2.05, 4.69) is 24.0 Å². The maximum absolute atomic E-state index is 12.2. The number of imide groups is 1. The molecule has 3 heterocycles. The summed E-state index contributed by atoms with van der Waals surface area (Å²) in [7, 11) is 0. The van der Waals surface area contributed by atoms with Gasteiger partial charge in [0.2, 0.25) is 5.89 Å². The van der Waals surface area contributed by atoms with Crippen molar-refractivity contribution in [1.82, 2.24) is 19.9 Å². The van der Waals surface area contributed by atoms with Crippen molar-refractivity contribution in [3.05, 3.63) is 11.7 Å². The van der Waals surface area contributed by atoms with Crippen LogP contribution in [0.2, 0.25) is 0 Å². The number of rotatable bonds is 4. The molecule has 1 atom stereocenters. The highest BCUT2D eigenvalue weighted by atomic mass is 16.5. The van der Waals surface area contributed by atoms with Crippen molar-refractivity contribution in [2.24, 2.45) is 5.92 Å². The van der Waals surface area contributed by atoms with E-state index in [4.69, 9.17) is 4.52 Å². The summed E-state index contributed by atoms with van der Waals surface area (Å²) < 4.78 is 5.13. The lowest BCUT2D eigenvalue weighted by Gasteiger charge is -2.13. The summed E-state index contributed by atoms with van der Waals surface area (Å²) in [4.78, 5) is 31.4. The van der Waals surface area contributed by atoms with Gasteiger partial charge < -0.3 is 9.42 Å². The van der Waals surface area contributed by atoms with E-state index in [9.17, 15) is 9.59 Å². The maximum Gasteiger partial charge on any atom is 0.327 e. The van der Waals surface area contributed by atoms with Crippen LogP contribution in [-0.2, 0) is 17.8 Å². The third-order valence-corrected chi connectivity index (χ3v) is 3.67. The number of urea groups is 1. The van der Waals surface area contributed by atoms with Gasteiger partial charge in [0.05, 0.1) is 6.54 Å². The number of carbonyl (C=O) groups is 2. The third-order valence-electron chi connectivity index (χ3n) is 3.67. The topological polar surface area (TPSA) is 79.5 Å². The highest BCUT2D eigenvalue weighted by Crippen LogP contribution is 2.28. The van der Waals surface area contributed by atoms with Gasteiger partial charge in [0, 0.05) is 13.0 Å². The number of hydrogen-bond acceptors (Lipinski definition) is 5. The minimum absolute atomic E-state index is 0.103. The first-order valence-electron chi connectivity index (χ1n) is 6.99. The Labute approximate surface area is 116 Å². The molecule has 0 spiro atoms. The molecule has 0 saturated carbocycles. The van der Waals surface area contributed by atoms with E-state index in [0.29, 0.717) is 30.6 Å². The molecule has 0 N–H and O–H groups in total. The average molecular weight is 278 g/mol. The molecule has 2 fully saturated rings. The summed E-state index contributed by atoms with van der Waals surface area (Å²) in [5.41, 5.74) is 0. The van der Waals surface area contributed by atoms with Crippen LogP contribution < -0.4 is 0 Å². The molecule has 0 aromatic carbocycles. The number of fused-ring (bicyclic) bond motifs is 1. The Hall–Kier alpha value is -1.92. The molecule has 3 rings (SSSR count). The van der Waals surface area contributed by atoms with Gasteiger partial charge in [-0.2, -0.15) is 4.98 Å². The van der Waals surface area contributed by atoms with E-state index in [0.717, 1.165) is 12.8 Å². The lowest BCUT2D eigenvalue weighted by atomic mass is 10.1. The molecule has 2 saturated heterocycles. The zero-order chi connectivity index (χ0) is 14.3. The van der Waals surface area contributed by atoms with Crippen molar-refractivity contribution in [2.75, 3.05) is 6.54 Å². The number of amides is 3. The minimum atomic E-state index is -0.274. The second kappa shape index (κ2) is 4.88. The predicted octanol–water partition coefficient (Wildman–Crippen LogP) is 1.19. The van der Waals surface area contributed by atoms with Crippen molar-refractivity contribution >= 4 is 11.9 Å². The van der Waals surface area contributed by atoms with Gasteiger partial charge in [-0.05, 0) is 18.8 Å². The van der Waals surface area contributed by atoms with Crippen LogP contribution in [-0.4, -0.2) is 44.5 Å². The normalized spacial score (nSPS) is 22.2. The van der Waals surface area contributed by atoms with E-state index in [1.165, 1.54) is 4.90 Å². The first-order valence-corrected chi connectivity index (χ1v) is 6.99. The van der Waals surface area contributed by atoms with Crippen LogP contribution in [0, 0.1) is 5.92 Å². The zero-order valence-corrected chi connectivity index (χ0v) is 11.7. The van der Waals surface area contributed by atoms with Crippen LogP contribution >= 0.6 is 0 Å². The summed E-state index contributed by atoms with van der Waals surface area (Å²) in [6.07, 6.45) is 2.35. The Kier molecular flexibility index (Phi) is 3.19. The highest BCUT2D eigenvalue weighted by molar-refractivity contribution is 6.04. The van der Waals surface area contributed by atoms with E-state index in [1.807, 2.05) is 0 Å². The fourth-order valence-corrected chi connectivity index (χ4v) is 2.76. The molecule has 108 valence electrons. The van der Waals surface area contributed by atoms with E-state index < -0.39 is 0 Å². The SMILES string of the molecule is CC(C)Cc1nc(CN2C(=O)[C@H]3CCCN3C2=O)no1. The van der Waals surface area contributed by atoms with Crippen molar-refractivity contribution in [3.63, 3.8) is 0 Å². The van der Waals surface area contributed by atoms with Crippen molar-refractivity contribution < 1.29 is 14.1 Å². The smallest absolute Gasteiger partial charge is 0.327 e. The van der Waals surface area contributed by atoms with Crippen LogP contribution in [0.15, 0.2) is 4.52 Å². The number of hydrogen-bond donors (Lipinski definition) is 0. The van der Waals surface area contributed by atoms with Crippen LogP contribution in [0.3, 0.4) is 0 Å². The van der Waals surface area contributed by atoms with Crippen molar-refractivity contribution in [3.8, 4) is 0 Å². The molecule has 2 aliphatic heterocycles. The summed E-state index contributed by atoms with van der Waals surface area (Å²) in [5.74, 6) is 1.23. The van der Waals surface area contributed by atoms with Gasteiger partial charge in [-0.3, -0.25) is 9.69 Å². The molecule has 2 aliphatic rings. The standard InChI is InChI=1S/C13H18N4O3/c1-8(2)6-11-14-10(15-20-11)7-17-12(18)9-4-3-5-16(9)13(17)19/h8-9H,3-7H2,1-2H3/t9-/m1/s1. The molecule has 0 aliphatic carbocycles. The minimum Gasteiger partial charge on any atom is -0.339 e. The molecule has 1 aromatic heterocycles. The number of aromatic nitrogens is 2. The average Bonchev–Trinajstić information content (AvgIpc) is 3.06. The molecule has 0 unspecified atom stereocenters. The fourth-order valence-electron chi connectivity index (χ4n) is 2.76. The van der Waals surface area contributed by atoms with Crippen LogP contribution in [0.5, 0.6) is 0 Å². The number of nitrogens with zero attached hydrogens (tertiary/aromatic N) is 4. The summed E-state index contributed by atoms with van der Waals surface area (Å²) in [6, 6.07) is -0.503. The quantitative estimate of drug-likeness (QED) is 0.773. The summed E-state index contributed by atoms with van der Waals surface area (Å²) in [6.45, 7) is 4.89. The zero-order valence-electron chi connectivity index (χ0n) is 11.7. The van der Waals surface area contributed by atoms with Gasteiger partial charge in [-0.1, -0.05) is 19.0 Å². The Balaban J connectivity index is 1.70. The largest absolute Gasteiger partial charge is 0.339 e. The molecule has 1 aromatic rings. The van der Waals surface area contributed by atoms with E-state index in [-0.39, 0.29) is 24.5 Å². The summed E-state index contributed by atoms with van der Waals surface area (Å²) in [5, 5.41) is 3.84. The van der Waals surface area contributed by atoms with Gasteiger partial charge in [0.15, 0.2) is 5.82 Å². The monoisotopic (exact) mass is 278 g/mol. The van der Waals surface area contributed by atoms with Crippen LogP contribution in [0.1, 0.15) is 38.4 Å². The lowest BCUT2D eigenvalue weighted by Crippen LogP contribution is -2.33. The Morgan fingerprint density at radius 2 is 2.20 bits per heavy atom. The highest BCUT2D eigenvalue weighted by Gasteiger charge is 2.47. The molecule has 0 bridgehead atoms. The lowest BCUT2D eigenvalue weighted by molar-refractivity contribution is -0.128. The van der Waals surface area contributed by atoms with Gasteiger partial charge in [-0.25, -0.2) is 4.79 Å². The number of carbonyl (C=O) groups excluding carboxylic acids is 2. The van der Waals surface area contributed by atoms with Gasteiger partial charge in [-0.15, -0.1) is 0 Å². The molecule has 3 amide bonds. The van der Waals surface area contributed by atoms with Crippen molar-refractivity contribution in [2.45, 2.75) is 45.7 Å². The van der Waals surface area contributed by atoms with Crippen LogP contribution in [0.25, 0.3) is 0 Å². The van der Waals surface area contributed by atoms with Gasteiger partial charge in [0.1, 0.15) is 6.04 Å². The molecule has 0 radical (unpaired) electrons. The van der Waals surface area contributed by atoms with Gasteiger partial charge >= 0.3 is 6.03 Å². The summed E-state index contributed by atoms with van der Waals surface area (Å²) >= 11 is 0. The Morgan fingerprint density at radius 3 is 2.90 bits per heavy atom. The first kappa shape index (κ1) is 13.1. The molecule has 7 heteroatoms. The van der Waals surface area contributed by atoms with E-state index >= 15 is 0 Å². The van der Waals surface area contributed by atoms with Crippen molar-refractivity contribution in [1.29, 1.82) is 0 Å². The first-order chi connectivity index (χ1) is 9.56. The fraction of sp³-hybridized carbons (Fsp3) is 0.692. The molecular weight excluding hydrogens is 260 g/mol.